The van der Waals surface area contributed by atoms with Gasteiger partial charge in [-0.2, -0.15) is 0 Å². The molecule has 3 aromatic carbocycles. The molecule has 1 aliphatic rings. The Kier molecular flexibility index (Phi) is 3.02. The molecule has 25 heavy (non-hydrogen) atoms. The first-order valence-corrected chi connectivity index (χ1v) is 9.15. The number of hydrogen-bond acceptors (Lipinski definition) is 2. The molecule has 0 fully saturated rings. The Balaban J connectivity index is 1.84. The van der Waals surface area contributed by atoms with Crippen molar-refractivity contribution in [1.29, 1.82) is 0 Å². The van der Waals surface area contributed by atoms with Crippen molar-refractivity contribution in [1.82, 2.24) is 4.98 Å². The molecule has 122 valence electrons. The van der Waals surface area contributed by atoms with Crippen LogP contribution in [0.1, 0.15) is 25.0 Å². The lowest BCUT2D eigenvalue weighted by Crippen LogP contribution is -2.14. The number of rotatable bonds is 1. The third-order valence-electron chi connectivity index (χ3n) is 5.18. The number of hydrogen-bond donors (Lipinski definition) is 0. The molecule has 0 amide bonds. The summed E-state index contributed by atoms with van der Waals surface area (Å²) in [7, 11) is 0. The maximum atomic E-state index is 6.26. The van der Waals surface area contributed by atoms with Gasteiger partial charge in [0, 0.05) is 21.0 Å². The van der Waals surface area contributed by atoms with E-state index >= 15 is 0 Å². The molecule has 2 nitrogen and oxygen atoms in total. The fourth-order valence-electron chi connectivity index (χ4n) is 3.90. The zero-order valence-electron chi connectivity index (χ0n) is 14.0. The van der Waals surface area contributed by atoms with Gasteiger partial charge in [0.05, 0.1) is 0 Å². The number of oxazole rings is 1. The van der Waals surface area contributed by atoms with Gasteiger partial charge in [0.1, 0.15) is 5.52 Å². The zero-order chi connectivity index (χ0) is 17.2. The summed E-state index contributed by atoms with van der Waals surface area (Å²) < 4.78 is 7.34. The van der Waals surface area contributed by atoms with Gasteiger partial charge >= 0.3 is 0 Å². The first kappa shape index (κ1) is 14.9. The smallest absolute Gasteiger partial charge is 0.227 e. The molecular formula is C22H16BrNO. The van der Waals surface area contributed by atoms with E-state index < -0.39 is 0 Å². The molecule has 1 aromatic heterocycles. The molecule has 4 aromatic rings. The average Bonchev–Trinajstić information content (AvgIpc) is 3.13. The van der Waals surface area contributed by atoms with Crippen LogP contribution >= 0.6 is 15.9 Å². The monoisotopic (exact) mass is 389 g/mol. The van der Waals surface area contributed by atoms with E-state index in [4.69, 9.17) is 9.40 Å². The van der Waals surface area contributed by atoms with Crippen molar-refractivity contribution in [3.63, 3.8) is 0 Å². The van der Waals surface area contributed by atoms with Crippen LogP contribution in [-0.4, -0.2) is 4.98 Å². The number of halogens is 1. The second-order valence-corrected chi connectivity index (χ2v) is 7.95. The Morgan fingerprint density at radius 1 is 0.920 bits per heavy atom. The molecule has 0 saturated heterocycles. The highest BCUT2D eigenvalue weighted by atomic mass is 79.9. The lowest BCUT2D eigenvalue weighted by molar-refractivity contribution is 0.618. The van der Waals surface area contributed by atoms with Crippen molar-refractivity contribution >= 4 is 27.0 Å². The van der Waals surface area contributed by atoms with E-state index in [-0.39, 0.29) is 5.41 Å². The van der Waals surface area contributed by atoms with Crippen molar-refractivity contribution < 1.29 is 4.42 Å². The topological polar surface area (TPSA) is 26.0 Å². The number of aromatic nitrogens is 1. The van der Waals surface area contributed by atoms with Gasteiger partial charge in [0.25, 0.3) is 0 Å². The Labute approximate surface area is 154 Å². The minimum absolute atomic E-state index is 0.0424. The summed E-state index contributed by atoms with van der Waals surface area (Å²) in [6.07, 6.45) is 0. The zero-order valence-corrected chi connectivity index (χ0v) is 15.6. The van der Waals surface area contributed by atoms with Crippen LogP contribution in [0.2, 0.25) is 0 Å². The molecule has 1 heterocycles. The van der Waals surface area contributed by atoms with Crippen LogP contribution in [0.25, 0.3) is 33.7 Å². The normalized spacial score (nSPS) is 14.5. The van der Waals surface area contributed by atoms with E-state index in [1.165, 1.54) is 22.3 Å². The number of fused-ring (bicyclic) bond motifs is 5. The molecule has 0 atom stereocenters. The molecule has 0 saturated carbocycles. The van der Waals surface area contributed by atoms with E-state index in [0.29, 0.717) is 5.89 Å². The van der Waals surface area contributed by atoms with Crippen LogP contribution in [0.4, 0.5) is 0 Å². The van der Waals surface area contributed by atoms with Crippen LogP contribution in [0.3, 0.4) is 0 Å². The minimum atomic E-state index is -0.0424. The predicted octanol–water partition coefficient (Wildman–Crippen LogP) is 6.56. The predicted molar refractivity (Wildman–Crippen MR) is 105 cm³/mol. The van der Waals surface area contributed by atoms with Gasteiger partial charge in [0.15, 0.2) is 5.58 Å². The Morgan fingerprint density at radius 2 is 1.68 bits per heavy atom. The van der Waals surface area contributed by atoms with E-state index in [0.717, 1.165) is 21.1 Å². The largest absolute Gasteiger partial charge is 0.435 e. The van der Waals surface area contributed by atoms with Crippen LogP contribution in [0.5, 0.6) is 0 Å². The highest BCUT2D eigenvalue weighted by Gasteiger charge is 2.37. The summed E-state index contributed by atoms with van der Waals surface area (Å²) >= 11 is 3.61. The average molecular weight is 390 g/mol. The first-order valence-electron chi connectivity index (χ1n) is 8.35. The van der Waals surface area contributed by atoms with Gasteiger partial charge in [-0.05, 0) is 47.0 Å². The standard InChI is InChI=1S/C22H16BrNO/c1-22(2)16-9-8-14(23)12-15(16)19-17(22)10-11-18-20(19)25-21(24-18)13-6-4-3-5-7-13/h3-12H,1-2H3. The van der Waals surface area contributed by atoms with Gasteiger partial charge in [-0.15, -0.1) is 0 Å². The fraction of sp³-hybridized carbons (Fsp3) is 0.136. The van der Waals surface area contributed by atoms with Crippen molar-refractivity contribution in [2.45, 2.75) is 19.3 Å². The molecule has 0 bridgehead atoms. The van der Waals surface area contributed by atoms with Gasteiger partial charge in [-0.3, -0.25) is 0 Å². The highest BCUT2D eigenvalue weighted by molar-refractivity contribution is 9.10. The number of benzene rings is 3. The maximum absolute atomic E-state index is 6.26. The van der Waals surface area contributed by atoms with Crippen molar-refractivity contribution in [3.05, 3.63) is 76.3 Å². The third kappa shape index (κ3) is 2.05. The molecule has 0 spiro atoms. The summed E-state index contributed by atoms with van der Waals surface area (Å²) in [4.78, 5) is 4.73. The molecule has 3 heteroatoms. The van der Waals surface area contributed by atoms with Crippen LogP contribution in [-0.2, 0) is 5.41 Å². The summed E-state index contributed by atoms with van der Waals surface area (Å²) in [5.74, 6) is 0.672. The Hall–Kier alpha value is -2.39. The molecule has 0 N–H and O–H groups in total. The summed E-state index contributed by atoms with van der Waals surface area (Å²) in [6.45, 7) is 4.54. The van der Waals surface area contributed by atoms with Gasteiger partial charge in [-0.1, -0.05) is 60.1 Å². The minimum Gasteiger partial charge on any atom is -0.435 e. The first-order chi connectivity index (χ1) is 12.1. The van der Waals surface area contributed by atoms with E-state index in [1.54, 1.807) is 0 Å². The van der Waals surface area contributed by atoms with Crippen LogP contribution in [0, 0.1) is 0 Å². The molecule has 0 aliphatic heterocycles. The van der Waals surface area contributed by atoms with Gasteiger partial charge in [0.2, 0.25) is 5.89 Å². The van der Waals surface area contributed by atoms with Gasteiger partial charge in [-0.25, -0.2) is 4.98 Å². The van der Waals surface area contributed by atoms with Gasteiger partial charge < -0.3 is 4.42 Å². The highest BCUT2D eigenvalue weighted by Crippen LogP contribution is 2.52. The maximum Gasteiger partial charge on any atom is 0.227 e. The SMILES string of the molecule is CC1(C)c2ccc(Br)cc2-c2c1ccc1nc(-c3ccccc3)oc21. The quantitative estimate of drug-likeness (QED) is 0.368. The molecule has 0 radical (unpaired) electrons. The summed E-state index contributed by atoms with van der Waals surface area (Å²) in [5.41, 5.74) is 7.77. The van der Waals surface area contributed by atoms with E-state index in [1.807, 2.05) is 30.3 Å². The lowest BCUT2D eigenvalue weighted by atomic mass is 9.82. The van der Waals surface area contributed by atoms with E-state index in [9.17, 15) is 0 Å². The Morgan fingerprint density at radius 3 is 2.48 bits per heavy atom. The fourth-order valence-corrected chi connectivity index (χ4v) is 4.26. The second-order valence-electron chi connectivity index (χ2n) is 7.04. The summed E-state index contributed by atoms with van der Waals surface area (Å²) in [5, 5.41) is 0. The van der Waals surface area contributed by atoms with Crippen LogP contribution in [0.15, 0.2) is 69.6 Å². The van der Waals surface area contributed by atoms with E-state index in [2.05, 4.69) is 60.1 Å². The van der Waals surface area contributed by atoms with Crippen molar-refractivity contribution in [2.75, 3.05) is 0 Å². The molecule has 5 rings (SSSR count). The molecule has 0 unspecified atom stereocenters. The molecular weight excluding hydrogens is 374 g/mol. The van der Waals surface area contributed by atoms with Crippen molar-refractivity contribution in [3.8, 4) is 22.6 Å². The van der Waals surface area contributed by atoms with Crippen LogP contribution < -0.4 is 0 Å². The number of nitrogens with zero attached hydrogens (tertiary/aromatic N) is 1. The lowest BCUT2D eigenvalue weighted by Gasteiger charge is -2.21. The molecule has 1 aliphatic carbocycles. The Bertz CT molecular complexity index is 1130. The summed E-state index contributed by atoms with van der Waals surface area (Å²) in [6, 6.07) is 20.8. The third-order valence-corrected chi connectivity index (χ3v) is 5.67. The second kappa shape index (κ2) is 5.06. The van der Waals surface area contributed by atoms with Crippen molar-refractivity contribution in [2.24, 2.45) is 0 Å².